The zero-order valence-electron chi connectivity index (χ0n) is 14.1. The van der Waals surface area contributed by atoms with Crippen molar-refractivity contribution in [3.63, 3.8) is 0 Å². The highest BCUT2D eigenvalue weighted by molar-refractivity contribution is 8.00. The molecule has 0 spiro atoms. The largest absolute Gasteiger partial charge is 0.342 e. The van der Waals surface area contributed by atoms with E-state index in [0.29, 0.717) is 18.8 Å². The first-order valence-corrected chi connectivity index (χ1v) is 9.52. The summed E-state index contributed by atoms with van der Waals surface area (Å²) in [6, 6.07) is 19.4. The molecule has 0 aromatic heterocycles. The molecule has 5 heteroatoms. The lowest BCUT2D eigenvalue weighted by atomic mass is 9.96. The van der Waals surface area contributed by atoms with E-state index in [9.17, 15) is 9.59 Å². The third-order valence-electron chi connectivity index (χ3n) is 4.37. The van der Waals surface area contributed by atoms with Crippen LogP contribution in [0.3, 0.4) is 0 Å². The first-order chi connectivity index (χ1) is 12.2. The van der Waals surface area contributed by atoms with E-state index in [1.54, 1.807) is 11.8 Å². The maximum atomic E-state index is 12.3. The van der Waals surface area contributed by atoms with E-state index in [-0.39, 0.29) is 17.7 Å². The summed E-state index contributed by atoms with van der Waals surface area (Å²) in [6.45, 7) is 1.31. The first kappa shape index (κ1) is 17.5. The summed E-state index contributed by atoms with van der Waals surface area (Å²) in [4.78, 5) is 27.7. The van der Waals surface area contributed by atoms with Crippen molar-refractivity contribution in [2.24, 2.45) is 5.92 Å². The van der Waals surface area contributed by atoms with E-state index in [1.165, 1.54) is 0 Å². The normalized spacial score (nSPS) is 15.0. The highest BCUT2D eigenvalue weighted by atomic mass is 32.2. The van der Waals surface area contributed by atoms with E-state index >= 15 is 0 Å². The van der Waals surface area contributed by atoms with Crippen LogP contribution in [0, 0.1) is 5.92 Å². The minimum atomic E-state index is -0.0222. The second-order valence-corrected chi connectivity index (χ2v) is 7.16. The van der Waals surface area contributed by atoms with E-state index in [0.717, 1.165) is 23.4 Å². The van der Waals surface area contributed by atoms with Gasteiger partial charge in [-0.15, -0.1) is 11.8 Å². The van der Waals surface area contributed by atoms with Crippen molar-refractivity contribution in [3.8, 4) is 0 Å². The quantitative estimate of drug-likeness (QED) is 0.834. The van der Waals surface area contributed by atoms with Gasteiger partial charge in [-0.25, -0.2) is 0 Å². The van der Waals surface area contributed by atoms with E-state index < -0.39 is 0 Å². The lowest BCUT2D eigenvalue weighted by Crippen LogP contribution is -2.42. The summed E-state index contributed by atoms with van der Waals surface area (Å²) in [5, 5.41) is 2.96. The third kappa shape index (κ3) is 5.10. The SMILES string of the molecule is O=C(Nc1ccccc1)C1CCN(C(=O)CSc2ccccc2)CC1. The fraction of sp³-hybridized carbons (Fsp3) is 0.300. The number of rotatable bonds is 5. The van der Waals surface area contributed by atoms with Gasteiger partial charge in [-0.1, -0.05) is 36.4 Å². The number of para-hydroxylation sites is 1. The van der Waals surface area contributed by atoms with Crippen molar-refractivity contribution >= 4 is 29.3 Å². The molecule has 1 saturated heterocycles. The topological polar surface area (TPSA) is 49.4 Å². The molecule has 1 aliphatic heterocycles. The molecule has 0 radical (unpaired) electrons. The summed E-state index contributed by atoms with van der Waals surface area (Å²) in [7, 11) is 0. The van der Waals surface area contributed by atoms with Gasteiger partial charge in [0.15, 0.2) is 0 Å². The monoisotopic (exact) mass is 354 g/mol. The van der Waals surface area contributed by atoms with Gasteiger partial charge in [0.25, 0.3) is 0 Å². The van der Waals surface area contributed by atoms with Crippen LogP contribution in [0.15, 0.2) is 65.6 Å². The van der Waals surface area contributed by atoms with Gasteiger partial charge in [0, 0.05) is 29.6 Å². The van der Waals surface area contributed by atoms with Crippen LogP contribution in [0.25, 0.3) is 0 Å². The van der Waals surface area contributed by atoms with Crippen LogP contribution in [0.1, 0.15) is 12.8 Å². The predicted molar refractivity (Wildman–Crippen MR) is 102 cm³/mol. The number of thioether (sulfide) groups is 1. The number of likely N-dealkylation sites (tertiary alicyclic amines) is 1. The summed E-state index contributed by atoms with van der Waals surface area (Å²) in [5.41, 5.74) is 0.824. The van der Waals surface area contributed by atoms with Crippen LogP contribution in [-0.4, -0.2) is 35.6 Å². The van der Waals surface area contributed by atoms with Gasteiger partial charge < -0.3 is 10.2 Å². The van der Waals surface area contributed by atoms with Crippen molar-refractivity contribution in [1.29, 1.82) is 0 Å². The lowest BCUT2D eigenvalue weighted by molar-refractivity contribution is -0.132. The molecule has 3 rings (SSSR count). The minimum absolute atomic E-state index is 0.0222. The molecule has 2 aromatic carbocycles. The first-order valence-electron chi connectivity index (χ1n) is 8.54. The molecule has 0 unspecified atom stereocenters. The Morgan fingerprint density at radius 3 is 2.20 bits per heavy atom. The smallest absolute Gasteiger partial charge is 0.232 e. The Hall–Kier alpha value is -2.27. The van der Waals surface area contributed by atoms with Gasteiger partial charge >= 0.3 is 0 Å². The van der Waals surface area contributed by atoms with Gasteiger partial charge in [-0.2, -0.15) is 0 Å². The Labute approximate surface area is 152 Å². The van der Waals surface area contributed by atoms with Gasteiger partial charge in [-0.3, -0.25) is 9.59 Å². The van der Waals surface area contributed by atoms with Gasteiger partial charge in [0.1, 0.15) is 0 Å². The molecule has 0 atom stereocenters. The molecule has 0 bridgehead atoms. The fourth-order valence-corrected chi connectivity index (χ4v) is 3.73. The standard InChI is InChI=1S/C20H22N2O2S/c23-19(15-25-18-9-5-2-6-10-18)22-13-11-16(12-14-22)20(24)21-17-7-3-1-4-8-17/h1-10,16H,11-15H2,(H,21,24). The number of carbonyl (C=O) groups is 2. The van der Waals surface area contributed by atoms with Crippen molar-refractivity contribution in [3.05, 3.63) is 60.7 Å². The lowest BCUT2D eigenvalue weighted by Gasteiger charge is -2.31. The van der Waals surface area contributed by atoms with Crippen molar-refractivity contribution in [1.82, 2.24) is 4.90 Å². The van der Waals surface area contributed by atoms with E-state index in [4.69, 9.17) is 0 Å². The summed E-state index contributed by atoms with van der Waals surface area (Å²) < 4.78 is 0. The summed E-state index contributed by atoms with van der Waals surface area (Å²) >= 11 is 1.56. The molecule has 130 valence electrons. The van der Waals surface area contributed by atoms with Crippen LogP contribution < -0.4 is 5.32 Å². The maximum Gasteiger partial charge on any atom is 0.232 e. The molecule has 1 fully saturated rings. The van der Waals surface area contributed by atoms with E-state index in [2.05, 4.69) is 5.32 Å². The molecule has 0 aliphatic carbocycles. The highest BCUT2D eigenvalue weighted by Crippen LogP contribution is 2.22. The van der Waals surface area contributed by atoms with Gasteiger partial charge in [0.2, 0.25) is 11.8 Å². The minimum Gasteiger partial charge on any atom is -0.342 e. The van der Waals surface area contributed by atoms with Crippen LogP contribution in [0.4, 0.5) is 5.69 Å². The number of hydrogen-bond acceptors (Lipinski definition) is 3. The highest BCUT2D eigenvalue weighted by Gasteiger charge is 2.27. The molecular formula is C20H22N2O2S. The molecule has 0 saturated carbocycles. The predicted octanol–water partition coefficient (Wildman–Crippen LogP) is 3.66. The average Bonchev–Trinajstić information content (AvgIpc) is 2.68. The summed E-state index contributed by atoms with van der Waals surface area (Å²) in [6.07, 6.45) is 1.45. The van der Waals surface area contributed by atoms with E-state index in [1.807, 2.05) is 65.6 Å². The average molecular weight is 354 g/mol. The second-order valence-electron chi connectivity index (χ2n) is 6.11. The number of piperidine rings is 1. The van der Waals surface area contributed by atoms with Crippen LogP contribution >= 0.6 is 11.8 Å². The zero-order chi connectivity index (χ0) is 17.5. The third-order valence-corrected chi connectivity index (χ3v) is 5.36. The summed E-state index contributed by atoms with van der Waals surface area (Å²) in [5.74, 6) is 0.629. The van der Waals surface area contributed by atoms with Crippen molar-refractivity contribution in [2.45, 2.75) is 17.7 Å². The Bertz CT molecular complexity index is 698. The number of nitrogens with one attached hydrogen (secondary N) is 1. The molecule has 1 heterocycles. The molecule has 4 nitrogen and oxygen atoms in total. The fourth-order valence-electron chi connectivity index (χ4n) is 2.91. The van der Waals surface area contributed by atoms with Crippen molar-refractivity contribution in [2.75, 3.05) is 24.2 Å². The number of nitrogens with zero attached hydrogens (tertiary/aromatic N) is 1. The maximum absolute atomic E-state index is 12.3. The molecular weight excluding hydrogens is 332 g/mol. The Balaban J connectivity index is 1.43. The Morgan fingerprint density at radius 2 is 1.56 bits per heavy atom. The van der Waals surface area contributed by atoms with Gasteiger partial charge in [0.05, 0.1) is 5.75 Å². The second kappa shape index (κ2) is 8.72. The zero-order valence-corrected chi connectivity index (χ0v) is 14.9. The molecule has 2 amide bonds. The van der Waals surface area contributed by atoms with Gasteiger partial charge in [-0.05, 0) is 37.1 Å². The molecule has 25 heavy (non-hydrogen) atoms. The molecule has 1 N–H and O–H groups in total. The van der Waals surface area contributed by atoms with Crippen LogP contribution in [-0.2, 0) is 9.59 Å². The molecule has 1 aliphatic rings. The number of carbonyl (C=O) groups excluding carboxylic acids is 2. The van der Waals surface area contributed by atoms with Crippen molar-refractivity contribution < 1.29 is 9.59 Å². The van der Waals surface area contributed by atoms with Crippen LogP contribution in [0.2, 0.25) is 0 Å². The Kier molecular flexibility index (Phi) is 6.12. The van der Waals surface area contributed by atoms with Crippen LogP contribution in [0.5, 0.6) is 0 Å². The number of benzene rings is 2. The number of anilines is 1. The number of hydrogen-bond donors (Lipinski definition) is 1. The number of amides is 2. The molecule has 2 aromatic rings. The Morgan fingerprint density at radius 1 is 0.960 bits per heavy atom.